The molecule has 0 saturated heterocycles. The molecule has 1 amide bonds. The summed E-state index contributed by atoms with van der Waals surface area (Å²) in [4.78, 5) is 11.6. The summed E-state index contributed by atoms with van der Waals surface area (Å²) in [6.07, 6.45) is 0.749. The van der Waals surface area contributed by atoms with Gasteiger partial charge in [-0.3, -0.25) is 4.79 Å². The van der Waals surface area contributed by atoms with Crippen LogP contribution in [0.2, 0.25) is 0 Å². The predicted octanol–water partition coefficient (Wildman–Crippen LogP) is 1.62. The van der Waals surface area contributed by atoms with Gasteiger partial charge in [0.05, 0.1) is 6.04 Å². The first-order valence-electron chi connectivity index (χ1n) is 5.61. The van der Waals surface area contributed by atoms with Crippen molar-refractivity contribution in [3.05, 3.63) is 0 Å². The molecule has 0 aliphatic rings. The number of rotatable bonds is 7. The summed E-state index contributed by atoms with van der Waals surface area (Å²) in [7, 11) is 0. The fourth-order valence-corrected chi connectivity index (χ4v) is 1.97. The quantitative estimate of drug-likeness (QED) is 0.701. The van der Waals surface area contributed by atoms with E-state index in [2.05, 4.69) is 26.1 Å². The van der Waals surface area contributed by atoms with Gasteiger partial charge in [-0.25, -0.2) is 0 Å². The first-order chi connectivity index (χ1) is 6.97. The SMILES string of the molecule is CCSCC(C)NC(=O)[C@@H](N)CC(C)C. The highest BCUT2D eigenvalue weighted by Gasteiger charge is 2.16. The van der Waals surface area contributed by atoms with Crippen LogP contribution in [0, 0.1) is 5.92 Å². The second-order valence-corrected chi connectivity index (χ2v) is 5.62. The van der Waals surface area contributed by atoms with Crippen LogP contribution in [0.3, 0.4) is 0 Å². The van der Waals surface area contributed by atoms with Crippen molar-refractivity contribution in [3.8, 4) is 0 Å². The molecular weight excluding hydrogens is 208 g/mol. The second-order valence-electron chi connectivity index (χ2n) is 4.31. The van der Waals surface area contributed by atoms with E-state index < -0.39 is 0 Å². The third-order valence-electron chi connectivity index (χ3n) is 2.02. The van der Waals surface area contributed by atoms with Crippen LogP contribution in [0.25, 0.3) is 0 Å². The van der Waals surface area contributed by atoms with E-state index >= 15 is 0 Å². The first kappa shape index (κ1) is 14.8. The average molecular weight is 232 g/mol. The van der Waals surface area contributed by atoms with E-state index in [1.165, 1.54) is 0 Å². The van der Waals surface area contributed by atoms with Crippen LogP contribution in [-0.4, -0.2) is 29.5 Å². The van der Waals surface area contributed by atoms with Gasteiger partial charge in [0, 0.05) is 11.8 Å². The molecule has 3 N–H and O–H groups in total. The lowest BCUT2D eigenvalue weighted by Gasteiger charge is -2.18. The van der Waals surface area contributed by atoms with Crippen molar-refractivity contribution in [2.45, 2.75) is 46.2 Å². The minimum atomic E-state index is -0.362. The summed E-state index contributed by atoms with van der Waals surface area (Å²) >= 11 is 1.83. The molecule has 3 nitrogen and oxygen atoms in total. The van der Waals surface area contributed by atoms with Crippen molar-refractivity contribution in [1.29, 1.82) is 0 Å². The normalized spacial score (nSPS) is 15.1. The van der Waals surface area contributed by atoms with E-state index in [9.17, 15) is 4.79 Å². The Morgan fingerprint density at radius 3 is 2.47 bits per heavy atom. The number of nitrogens with two attached hydrogens (primary N) is 1. The van der Waals surface area contributed by atoms with Crippen molar-refractivity contribution in [3.63, 3.8) is 0 Å². The molecule has 90 valence electrons. The second kappa shape index (κ2) is 7.99. The van der Waals surface area contributed by atoms with Crippen molar-refractivity contribution in [1.82, 2.24) is 5.32 Å². The lowest BCUT2D eigenvalue weighted by molar-refractivity contribution is -0.123. The molecule has 0 radical (unpaired) electrons. The van der Waals surface area contributed by atoms with Crippen LogP contribution in [0.5, 0.6) is 0 Å². The summed E-state index contributed by atoms with van der Waals surface area (Å²) in [5, 5.41) is 2.94. The lowest BCUT2D eigenvalue weighted by atomic mass is 10.0. The molecule has 0 aliphatic heterocycles. The fourth-order valence-electron chi connectivity index (χ4n) is 1.30. The zero-order valence-corrected chi connectivity index (χ0v) is 11.1. The Kier molecular flexibility index (Phi) is 7.88. The standard InChI is InChI=1S/C11H24N2OS/c1-5-15-7-9(4)13-11(14)10(12)6-8(2)3/h8-10H,5-7,12H2,1-4H3,(H,13,14)/t9?,10-/m0/s1. The number of carbonyl (C=O) groups excluding carboxylic acids is 1. The molecule has 0 fully saturated rings. The smallest absolute Gasteiger partial charge is 0.237 e. The summed E-state index contributed by atoms with van der Waals surface area (Å²) in [6.45, 7) is 8.28. The third kappa shape index (κ3) is 7.68. The summed E-state index contributed by atoms with van der Waals surface area (Å²) in [5.41, 5.74) is 5.78. The topological polar surface area (TPSA) is 55.1 Å². The van der Waals surface area contributed by atoms with Crippen molar-refractivity contribution in [2.24, 2.45) is 11.7 Å². The fraction of sp³-hybridized carbons (Fsp3) is 0.909. The van der Waals surface area contributed by atoms with Crippen LogP contribution in [0.1, 0.15) is 34.1 Å². The molecule has 0 spiro atoms. The van der Waals surface area contributed by atoms with Crippen molar-refractivity contribution in [2.75, 3.05) is 11.5 Å². The van der Waals surface area contributed by atoms with Gasteiger partial charge < -0.3 is 11.1 Å². The van der Waals surface area contributed by atoms with Gasteiger partial charge in [-0.05, 0) is 25.0 Å². The van der Waals surface area contributed by atoms with Crippen molar-refractivity contribution >= 4 is 17.7 Å². The number of hydrogen-bond donors (Lipinski definition) is 2. The van der Waals surface area contributed by atoms with Gasteiger partial charge in [0.1, 0.15) is 0 Å². The van der Waals surface area contributed by atoms with Gasteiger partial charge in [-0.2, -0.15) is 11.8 Å². The van der Waals surface area contributed by atoms with Gasteiger partial charge in [0.25, 0.3) is 0 Å². The van der Waals surface area contributed by atoms with Crippen LogP contribution in [0.4, 0.5) is 0 Å². The maximum Gasteiger partial charge on any atom is 0.237 e. The van der Waals surface area contributed by atoms with Gasteiger partial charge in [-0.15, -0.1) is 0 Å². The minimum Gasteiger partial charge on any atom is -0.351 e. The summed E-state index contributed by atoms with van der Waals surface area (Å²) < 4.78 is 0. The Morgan fingerprint density at radius 1 is 1.40 bits per heavy atom. The molecule has 0 saturated carbocycles. The monoisotopic (exact) mass is 232 g/mol. The lowest BCUT2D eigenvalue weighted by Crippen LogP contribution is -2.45. The highest BCUT2D eigenvalue weighted by molar-refractivity contribution is 7.99. The maximum atomic E-state index is 11.6. The van der Waals surface area contributed by atoms with Crippen LogP contribution in [0.15, 0.2) is 0 Å². The molecule has 0 bridgehead atoms. The first-order valence-corrected chi connectivity index (χ1v) is 6.76. The maximum absolute atomic E-state index is 11.6. The van der Waals surface area contributed by atoms with E-state index in [0.717, 1.165) is 17.9 Å². The molecule has 0 rings (SSSR count). The van der Waals surface area contributed by atoms with Gasteiger partial charge in [0.15, 0.2) is 0 Å². The average Bonchev–Trinajstić information content (AvgIpc) is 2.13. The van der Waals surface area contributed by atoms with E-state index in [-0.39, 0.29) is 18.0 Å². The van der Waals surface area contributed by atoms with Gasteiger partial charge in [0.2, 0.25) is 5.91 Å². The van der Waals surface area contributed by atoms with E-state index in [1.807, 2.05) is 18.7 Å². The van der Waals surface area contributed by atoms with Crippen LogP contribution >= 0.6 is 11.8 Å². The number of thioether (sulfide) groups is 1. The molecule has 0 aromatic rings. The molecule has 15 heavy (non-hydrogen) atoms. The van der Waals surface area contributed by atoms with E-state index in [0.29, 0.717) is 5.92 Å². The minimum absolute atomic E-state index is 0.0205. The molecule has 0 aliphatic carbocycles. The van der Waals surface area contributed by atoms with Crippen molar-refractivity contribution < 1.29 is 4.79 Å². The molecule has 0 aromatic heterocycles. The Hall–Kier alpha value is -0.220. The van der Waals surface area contributed by atoms with Gasteiger partial charge >= 0.3 is 0 Å². The largest absolute Gasteiger partial charge is 0.351 e. The number of amides is 1. The highest BCUT2D eigenvalue weighted by atomic mass is 32.2. The molecule has 0 aromatic carbocycles. The Labute approximate surface area is 97.6 Å². The zero-order valence-electron chi connectivity index (χ0n) is 10.2. The predicted molar refractivity (Wildman–Crippen MR) is 68.0 cm³/mol. The molecule has 4 heteroatoms. The molecular formula is C11H24N2OS. The summed E-state index contributed by atoms with van der Waals surface area (Å²) in [5.74, 6) is 2.48. The number of carbonyl (C=O) groups is 1. The molecule has 0 heterocycles. The zero-order chi connectivity index (χ0) is 11.8. The number of nitrogens with one attached hydrogen (secondary N) is 1. The highest BCUT2D eigenvalue weighted by Crippen LogP contribution is 2.04. The van der Waals surface area contributed by atoms with E-state index in [1.54, 1.807) is 0 Å². The Bertz CT molecular complexity index is 185. The molecule has 2 atom stereocenters. The van der Waals surface area contributed by atoms with Crippen LogP contribution < -0.4 is 11.1 Å². The van der Waals surface area contributed by atoms with Gasteiger partial charge in [-0.1, -0.05) is 20.8 Å². The Balaban J connectivity index is 3.80. The molecule has 1 unspecified atom stereocenters. The Morgan fingerprint density at radius 2 is 2.00 bits per heavy atom. The third-order valence-corrected chi connectivity index (χ3v) is 3.17. The van der Waals surface area contributed by atoms with Crippen LogP contribution in [-0.2, 0) is 4.79 Å². The summed E-state index contributed by atoms with van der Waals surface area (Å²) in [6, 6.07) is -0.153. The van der Waals surface area contributed by atoms with E-state index in [4.69, 9.17) is 5.73 Å². The number of hydrogen-bond acceptors (Lipinski definition) is 3.